The van der Waals surface area contributed by atoms with Crippen LogP contribution in [0.5, 0.6) is 0 Å². The number of ketones is 1. The summed E-state index contributed by atoms with van der Waals surface area (Å²) in [6.07, 6.45) is 0. The third-order valence-electron chi connectivity index (χ3n) is 3.01. The lowest BCUT2D eigenvalue weighted by Crippen LogP contribution is -2.37. The predicted molar refractivity (Wildman–Crippen MR) is 71.0 cm³/mol. The van der Waals surface area contributed by atoms with Crippen LogP contribution in [-0.2, 0) is 4.79 Å². The van der Waals surface area contributed by atoms with Gasteiger partial charge in [0.15, 0.2) is 0 Å². The van der Waals surface area contributed by atoms with Crippen LogP contribution in [0, 0.1) is 6.92 Å². The molecule has 4 heteroatoms. The van der Waals surface area contributed by atoms with Crippen LogP contribution in [0.15, 0.2) is 18.2 Å². The molecule has 0 atom stereocenters. The van der Waals surface area contributed by atoms with E-state index in [-0.39, 0.29) is 0 Å². The van der Waals surface area contributed by atoms with Gasteiger partial charge in [0.25, 0.3) is 11.7 Å². The Bertz CT molecular complexity index is 495. The monoisotopic (exact) mass is 246 g/mol. The number of amides is 1. The SMILES string of the molecule is Cc1ccc2c(c1)C(=O)C(=O)N2CCNC(C)C. The Kier molecular flexibility index (Phi) is 3.48. The van der Waals surface area contributed by atoms with Crippen LogP contribution in [0.1, 0.15) is 29.8 Å². The molecule has 1 aromatic carbocycles. The van der Waals surface area contributed by atoms with Crippen molar-refractivity contribution in [2.75, 3.05) is 18.0 Å². The smallest absolute Gasteiger partial charge is 0.299 e. The number of anilines is 1. The Hall–Kier alpha value is -1.68. The van der Waals surface area contributed by atoms with Crippen molar-refractivity contribution in [3.05, 3.63) is 29.3 Å². The first kappa shape index (κ1) is 12.8. The fourth-order valence-corrected chi connectivity index (χ4v) is 2.10. The number of aryl methyl sites for hydroxylation is 1. The molecule has 96 valence electrons. The molecular weight excluding hydrogens is 228 g/mol. The number of hydrogen-bond donors (Lipinski definition) is 1. The first-order chi connectivity index (χ1) is 8.50. The number of Topliss-reactive ketones (excluding diaryl/α,β-unsaturated/α-hetero) is 1. The average Bonchev–Trinajstić information content (AvgIpc) is 2.54. The summed E-state index contributed by atoms with van der Waals surface area (Å²) in [5.74, 6) is -0.806. The molecule has 0 aliphatic carbocycles. The van der Waals surface area contributed by atoms with E-state index >= 15 is 0 Å². The average molecular weight is 246 g/mol. The molecule has 4 nitrogen and oxygen atoms in total. The highest BCUT2D eigenvalue weighted by Crippen LogP contribution is 2.29. The van der Waals surface area contributed by atoms with Crippen molar-refractivity contribution in [1.82, 2.24) is 5.32 Å². The minimum Gasteiger partial charge on any atom is -0.313 e. The van der Waals surface area contributed by atoms with E-state index in [0.29, 0.717) is 24.7 Å². The topological polar surface area (TPSA) is 49.4 Å². The molecule has 1 aliphatic heterocycles. The van der Waals surface area contributed by atoms with Gasteiger partial charge < -0.3 is 10.2 Å². The number of rotatable bonds is 4. The Morgan fingerprint density at radius 1 is 1.28 bits per heavy atom. The summed E-state index contributed by atoms with van der Waals surface area (Å²) in [6, 6.07) is 5.93. The van der Waals surface area contributed by atoms with Gasteiger partial charge in [-0.15, -0.1) is 0 Å². The number of nitrogens with one attached hydrogen (secondary N) is 1. The number of carbonyl (C=O) groups is 2. The van der Waals surface area contributed by atoms with Crippen molar-refractivity contribution in [2.45, 2.75) is 26.8 Å². The second-order valence-corrected chi connectivity index (χ2v) is 4.92. The molecule has 0 bridgehead atoms. The minimum absolute atomic E-state index is 0.371. The summed E-state index contributed by atoms with van der Waals surface area (Å²) in [6.45, 7) is 7.23. The number of nitrogens with zero attached hydrogens (tertiary/aromatic N) is 1. The molecule has 0 saturated carbocycles. The lowest BCUT2D eigenvalue weighted by molar-refractivity contribution is -0.114. The molecule has 0 saturated heterocycles. The van der Waals surface area contributed by atoms with Gasteiger partial charge in [-0.05, 0) is 19.1 Å². The minimum atomic E-state index is -0.416. The zero-order chi connectivity index (χ0) is 13.3. The predicted octanol–water partition coefficient (Wildman–Crippen LogP) is 1.52. The zero-order valence-corrected chi connectivity index (χ0v) is 11.0. The summed E-state index contributed by atoms with van der Waals surface area (Å²) >= 11 is 0. The summed E-state index contributed by atoms with van der Waals surface area (Å²) in [7, 11) is 0. The Morgan fingerprint density at radius 3 is 2.67 bits per heavy atom. The molecule has 1 heterocycles. The van der Waals surface area contributed by atoms with Gasteiger partial charge in [0.05, 0.1) is 11.3 Å². The van der Waals surface area contributed by atoms with Crippen molar-refractivity contribution in [3.63, 3.8) is 0 Å². The van der Waals surface area contributed by atoms with E-state index in [0.717, 1.165) is 11.3 Å². The van der Waals surface area contributed by atoms with Crippen LogP contribution < -0.4 is 10.2 Å². The standard InChI is InChI=1S/C14H18N2O2/c1-9(2)15-6-7-16-12-5-4-10(3)8-11(12)13(17)14(16)18/h4-5,8-9,15H,6-7H2,1-3H3. The summed E-state index contributed by atoms with van der Waals surface area (Å²) in [5, 5.41) is 3.24. The van der Waals surface area contributed by atoms with Gasteiger partial charge >= 0.3 is 0 Å². The van der Waals surface area contributed by atoms with Crippen LogP contribution in [0.2, 0.25) is 0 Å². The van der Waals surface area contributed by atoms with Crippen molar-refractivity contribution < 1.29 is 9.59 Å². The fraction of sp³-hybridized carbons (Fsp3) is 0.429. The van der Waals surface area contributed by atoms with Crippen LogP contribution in [-0.4, -0.2) is 30.8 Å². The lowest BCUT2D eigenvalue weighted by atomic mass is 10.1. The second-order valence-electron chi connectivity index (χ2n) is 4.92. The van der Waals surface area contributed by atoms with Crippen molar-refractivity contribution in [1.29, 1.82) is 0 Å². The van der Waals surface area contributed by atoms with Crippen molar-refractivity contribution in [2.24, 2.45) is 0 Å². The molecule has 1 aromatic rings. The van der Waals surface area contributed by atoms with Gasteiger partial charge in [-0.2, -0.15) is 0 Å². The second kappa shape index (κ2) is 4.90. The molecule has 1 N–H and O–H groups in total. The highest BCUT2D eigenvalue weighted by molar-refractivity contribution is 6.52. The van der Waals surface area contributed by atoms with Gasteiger partial charge in [0, 0.05) is 19.1 Å². The zero-order valence-electron chi connectivity index (χ0n) is 11.0. The van der Waals surface area contributed by atoms with Crippen LogP contribution in [0.25, 0.3) is 0 Å². The van der Waals surface area contributed by atoms with Crippen LogP contribution in [0.3, 0.4) is 0 Å². The molecular formula is C14H18N2O2. The van der Waals surface area contributed by atoms with Gasteiger partial charge in [-0.1, -0.05) is 25.5 Å². The highest BCUT2D eigenvalue weighted by atomic mass is 16.2. The first-order valence-corrected chi connectivity index (χ1v) is 6.21. The third-order valence-corrected chi connectivity index (χ3v) is 3.01. The maximum absolute atomic E-state index is 11.9. The third kappa shape index (κ3) is 2.29. The summed E-state index contributed by atoms with van der Waals surface area (Å²) in [4.78, 5) is 25.3. The first-order valence-electron chi connectivity index (χ1n) is 6.21. The maximum atomic E-state index is 11.9. The summed E-state index contributed by atoms with van der Waals surface area (Å²) in [5.41, 5.74) is 2.27. The number of benzene rings is 1. The Morgan fingerprint density at radius 2 is 2.00 bits per heavy atom. The van der Waals surface area contributed by atoms with E-state index in [9.17, 15) is 9.59 Å². The quantitative estimate of drug-likeness (QED) is 0.819. The molecule has 1 amide bonds. The number of carbonyl (C=O) groups excluding carboxylic acids is 2. The molecule has 0 unspecified atom stereocenters. The lowest BCUT2D eigenvalue weighted by Gasteiger charge is -2.17. The van der Waals surface area contributed by atoms with E-state index < -0.39 is 11.7 Å². The van der Waals surface area contributed by atoms with E-state index in [4.69, 9.17) is 0 Å². The molecule has 0 radical (unpaired) electrons. The fourth-order valence-electron chi connectivity index (χ4n) is 2.10. The molecule has 0 fully saturated rings. The molecule has 0 spiro atoms. The van der Waals surface area contributed by atoms with Crippen LogP contribution >= 0.6 is 0 Å². The van der Waals surface area contributed by atoms with Crippen molar-refractivity contribution in [3.8, 4) is 0 Å². The van der Waals surface area contributed by atoms with Gasteiger partial charge in [-0.3, -0.25) is 9.59 Å². The van der Waals surface area contributed by atoms with E-state index in [2.05, 4.69) is 5.32 Å². The van der Waals surface area contributed by atoms with E-state index in [1.807, 2.05) is 32.9 Å². The highest BCUT2D eigenvalue weighted by Gasteiger charge is 2.35. The normalized spacial score (nSPS) is 14.6. The van der Waals surface area contributed by atoms with Crippen LogP contribution in [0.4, 0.5) is 5.69 Å². The van der Waals surface area contributed by atoms with Gasteiger partial charge in [0.2, 0.25) is 0 Å². The molecule has 2 rings (SSSR count). The summed E-state index contributed by atoms with van der Waals surface area (Å²) < 4.78 is 0. The van der Waals surface area contributed by atoms with E-state index in [1.165, 1.54) is 0 Å². The molecule has 1 aliphatic rings. The van der Waals surface area contributed by atoms with E-state index in [1.54, 1.807) is 11.0 Å². The number of fused-ring (bicyclic) bond motifs is 1. The molecule has 18 heavy (non-hydrogen) atoms. The number of hydrogen-bond acceptors (Lipinski definition) is 3. The van der Waals surface area contributed by atoms with Crippen molar-refractivity contribution >= 4 is 17.4 Å². The maximum Gasteiger partial charge on any atom is 0.299 e. The molecule has 0 aromatic heterocycles. The van der Waals surface area contributed by atoms with Gasteiger partial charge in [0.1, 0.15) is 0 Å². The Balaban J connectivity index is 2.18. The Labute approximate surface area is 107 Å². The largest absolute Gasteiger partial charge is 0.313 e. The van der Waals surface area contributed by atoms with Gasteiger partial charge in [-0.25, -0.2) is 0 Å².